The van der Waals surface area contributed by atoms with Crippen LogP contribution in [0.15, 0.2) is 77.7 Å². The number of hydrogen-bond donors (Lipinski definition) is 1. The summed E-state index contributed by atoms with van der Waals surface area (Å²) in [6, 6.07) is 22.9. The Morgan fingerprint density at radius 2 is 1.45 bits per heavy atom. The van der Waals surface area contributed by atoms with Crippen LogP contribution in [0.1, 0.15) is 53.2 Å². The van der Waals surface area contributed by atoms with Gasteiger partial charge in [0.1, 0.15) is 0 Å². The summed E-state index contributed by atoms with van der Waals surface area (Å²) in [6.07, 6.45) is 4.93. The van der Waals surface area contributed by atoms with E-state index in [1.807, 2.05) is 42.5 Å². The summed E-state index contributed by atoms with van der Waals surface area (Å²) in [5.74, 6) is -0.0738. The van der Waals surface area contributed by atoms with Crippen molar-refractivity contribution in [2.75, 3.05) is 13.1 Å². The van der Waals surface area contributed by atoms with Gasteiger partial charge in [-0.2, -0.15) is 4.31 Å². The van der Waals surface area contributed by atoms with Crippen LogP contribution >= 0.6 is 0 Å². The van der Waals surface area contributed by atoms with Gasteiger partial charge in [-0.25, -0.2) is 8.42 Å². The summed E-state index contributed by atoms with van der Waals surface area (Å²) in [4.78, 5) is 13.2. The number of carbonyl (C=O) groups is 1. The Bertz CT molecular complexity index is 1250. The van der Waals surface area contributed by atoms with E-state index in [0.717, 1.165) is 43.2 Å². The topological polar surface area (TPSA) is 66.5 Å². The third kappa shape index (κ3) is 4.45. The fourth-order valence-electron chi connectivity index (χ4n) is 4.86. The molecule has 3 aromatic rings. The van der Waals surface area contributed by atoms with Crippen molar-refractivity contribution in [3.63, 3.8) is 0 Å². The lowest BCUT2D eigenvalue weighted by molar-refractivity contribution is 0.0932. The molecule has 6 heteroatoms. The number of benzene rings is 3. The van der Waals surface area contributed by atoms with Crippen LogP contribution in [0.4, 0.5) is 0 Å². The number of fused-ring (bicyclic) bond motifs is 1. The van der Waals surface area contributed by atoms with Crippen molar-refractivity contribution in [3.8, 4) is 11.1 Å². The van der Waals surface area contributed by atoms with Crippen LogP contribution in [0.5, 0.6) is 0 Å². The molecule has 5 nitrogen and oxygen atoms in total. The normalized spacial score (nSPS) is 18.6. The summed E-state index contributed by atoms with van der Waals surface area (Å²) in [7, 11) is -3.41. The molecule has 33 heavy (non-hydrogen) atoms. The maximum Gasteiger partial charge on any atom is 0.251 e. The molecule has 0 saturated carbocycles. The molecule has 3 aromatic carbocycles. The molecular formula is C27H28N2O3S. The average molecular weight is 461 g/mol. The van der Waals surface area contributed by atoms with Gasteiger partial charge < -0.3 is 5.32 Å². The molecule has 1 N–H and O–H groups in total. The van der Waals surface area contributed by atoms with Gasteiger partial charge >= 0.3 is 0 Å². The predicted octanol–water partition coefficient (Wildman–Crippen LogP) is 4.95. The molecule has 170 valence electrons. The van der Waals surface area contributed by atoms with Gasteiger partial charge in [0, 0.05) is 18.7 Å². The monoisotopic (exact) mass is 460 g/mol. The number of hydrogen-bond acceptors (Lipinski definition) is 3. The summed E-state index contributed by atoms with van der Waals surface area (Å²) >= 11 is 0. The Balaban J connectivity index is 1.28. The first-order valence-corrected chi connectivity index (χ1v) is 13.1. The summed E-state index contributed by atoms with van der Waals surface area (Å²) in [5.41, 5.74) is 5.02. The van der Waals surface area contributed by atoms with Crippen molar-refractivity contribution in [1.29, 1.82) is 0 Å². The molecule has 0 radical (unpaired) electrons. The van der Waals surface area contributed by atoms with Crippen molar-refractivity contribution in [3.05, 3.63) is 89.5 Å². The smallest absolute Gasteiger partial charge is 0.251 e. The van der Waals surface area contributed by atoms with Gasteiger partial charge in [-0.15, -0.1) is 0 Å². The molecule has 5 rings (SSSR count). The highest BCUT2D eigenvalue weighted by Crippen LogP contribution is 2.30. The second kappa shape index (κ2) is 9.12. The SMILES string of the molecule is O=C(N[C@H]1CCCc2ccccc21)c1ccc(-c2ccc(S(=O)(=O)N3CCCC3)cc2)cc1. The minimum absolute atomic E-state index is 0.0484. The number of nitrogens with zero attached hydrogens (tertiary/aromatic N) is 1. The standard InChI is InChI=1S/C27H28N2O3S/c30-27(28-26-9-5-7-22-6-1-2-8-25(22)26)23-12-10-20(11-13-23)21-14-16-24(17-15-21)33(31,32)29-18-3-4-19-29/h1-2,6,8,10-17,26H,3-5,7,9,18-19H2,(H,28,30)/t26-/m0/s1. The van der Waals surface area contributed by atoms with E-state index in [0.29, 0.717) is 23.5 Å². The van der Waals surface area contributed by atoms with Gasteiger partial charge in [0.05, 0.1) is 10.9 Å². The lowest BCUT2D eigenvalue weighted by atomic mass is 9.87. The second-order valence-corrected chi connectivity index (χ2v) is 10.8. The van der Waals surface area contributed by atoms with Gasteiger partial charge in [0.15, 0.2) is 0 Å². The molecule has 1 aliphatic heterocycles. The number of carbonyl (C=O) groups excluding carboxylic acids is 1. The van der Waals surface area contributed by atoms with Crippen LogP contribution in [-0.2, 0) is 16.4 Å². The van der Waals surface area contributed by atoms with Crippen molar-refractivity contribution in [1.82, 2.24) is 9.62 Å². The third-order valence-corrected chi connectivity index (χ3v) is 8.63. The Kier molecular flexibility index (Phi) is 6.04. The Morgan fingerprint density at radius 1 is 0.818 bits per heavy atom. The number of sulfonamides is 1. The largest absolute Gasteiger partial charge is 0.345 e. The van der Waals surface area contributed by atoms with Crippen LogP contribution in [0.3, 0.4) is 0 Å². The van der Waals surface area contributed by atoms with E-state index in [2.05, 4.69) is 23.5 Å². The lowest BCUT2D eigenvalue weighted by Crippen LogP contribution is -2.30. The fraction of sp³-hybridized carbons (Fsp3) is 0.296. The van der Waals surface area contributed by atoms with Gasteiger partial charge in [-0.05, 0) is 78.6 Å². The second-order valence-electron chi connectivity index (χ2n) is 8.83. The van der Waals surface area contributed by atoms with E-state index >= 15 is 0 Å². The lowest BCUT2D eigenvalue weighted by Gasteiger charge is -2.26. The van der Waals surface area contributed by atoms with E-state index in [4.69, 9.17) is 0 Å². The van der Waals surface area contributed by atoms with Crippen LogP contribution < -0.4 is 5.32 Å². The zero-order valence-electron chi connectivity index (χ0n) is 18.5. The summed E-state index contributed by atoms with van der Waals surface area (Å²) < 4.78 is 27.0. The van der Waals surface area contributed by atoms with E-state index in [1.54, 1.807) is 16.4 Å². The summed E-state index contributed by atoms with van der Waals surface area (Å²) in [6.45, 7) is 1.19. The average Bonchev–Trinajstić information content (AvgIpc) is 3.41. The number of amides is 1. The minimum Gasteiger partial charge on any atom is -0.345 e. The molecule has 1 heterocycles. The zero-order valence-corrected chi connectivity index (χ0v) is 19.4. The molecule has 0 spiro atoms. The number of aryl methyl sites for hydroxylation is 1. The number of nitrogens with one attached hydrogen (secondary N) is 1. The molecule has 1 aliphatic carbocycles. The molecule has 0 aromatic heterocycles. The van der Waals surface area contributed by atoms with E-state index < -0.39 is 10.0 Å². The van der Waals surface area contributed by atoms with Crippen molar-refractivity contribution < 1.29 is 13.2 Å². The van der Waals surface area contributed by atoms with Crippen LogP contribution in [-0.4, -0.2) is 31.7 Å². The maximum atomic E-state index is 12.9. The zero-order chi connectivity index (χ0) is 22.8. The van der Waals surface area contributed by atoms with Crippen molar-refractivity contribution in [2.45, 2.75) is 43.0 Å². The van der Waals surface area contributed by atoms with Gasteiger partial charge in [-0.1, -0.05) is 48.5 Å². The van der Waals surface area contributed by atoms with Gasteiger partial charge in [0.25, 0.3) is 5.91 Å². The van der Waals surface area contributed by atoms with E-state index in [-0.39, 0.29) is 11.9 Å². The van der Waals surface area contributed by atoms with Gasteiger partial charge in [-0.3, -0.25) is 4.79 Å². The predicted molar refractivity (Wildman–Crippen MR) is 129 cm³/mol. The maximum absolute atomic E-state index is 12.9. The molecule has 1 atom stereocenters. The molecule has 1 amide bonds. The Morgan fingerprint density at radius 3 is 2.15 bits per heavy atom. The van der Waals surface area contributed by atoms with E-state index in [9.17, 15) is 13.2 Å². The third-order valence-electron chi connectivity index (χ3n) is 6.71. The molecule has 1 fully saturated rings. The highest BCUT2D eigenvalue weighted by atomic mass is 32.2. The molecule has 0 bridgehead atoms. The van der Waals surface area contributed by atoms with Crippen molar-refractivity contribution in [2.24, 2.45) is 0 Å². The van der Waals surface area contributed by atoms with Crippen LogP contribution in [0, 0.1) is 0 Å². The highest BCUT2D eigenvalue weighted by Gasteiger charge is 2.27. The Hall–Kier alpha value is -2.96. The first kappa shape index (κ1) is 21.9. The van der Waals surface area contributed by atoms with Crippen LogP contribution in [0.2, 0.25) is 0 Å². The first-order valence-electron chi connectivity index (χ1n) is 11.6. The van der Waals surface area contributed by atoms with Crippen molar-refractivity contribution >= 4 is 15.9 Å². The van der Waals surface area contributed by atoms with E-state index in [1.165, 1.54) is 11.1 Å². The summed E-state index contributed by atoms with van der Waals surface area (Å²) in [5, 5.41) is 3.19. The highest BCUT2D eigenvalue weighted by molar-refractivity contribution is 7.89. The first-order chi connectivity index (χ1) is 16.0. The molecular weight excluding hydrogens is 432 g/mol. The minimum atomic E-state index is -3.41. The fourth-order valence-corrected chi connectivity index (χ4v) is 6.37. The Labute approximate surface area is 195 Å². The molecule has 1 saturated heterocycles. The van der Waals surface area contributed by atoms with Gasteiger partial charge in [0.2, 0.25) is 10.0 Å². The number of rotatable bonds is 5. The quantitative estimate of drug-likeness (QED) is 0.586. The van der Waals surface area contributed by atoms with Crippen LogP contribution in [0.25, 0.3) is 11.1 Å². The molecule has 0 unspecified atom stereocenters. The molecule has 2 aliphatic rings.